The number of alkyl halides is 1. The van der Waals surface area contributed by atoms with Gasteiger partial charge in [-0.15, -0.1) is 11.6 Å². The summed E-state index contributed by atoms with van der Waals surface area (Å²) in [5.74, 6) is 1.02. The Balaban J connectivity index is 1.96. The predicted octanol–water partition coefficient (Wildman–Crippen LogP) is 3.04. The standard InChI is InChI=1S/C12H13ClN2O/c13-9-2-6-15(7-3-9)12-10-4-8-16-11(10)1-5-14-12/h1,4-5,8-9H,2-3,6-7H2. The van der Waals surface area contributed by atoms with Crippen molar-refractivity contribution >= 4 is 28.4 Å². The lowest BCUT2D eigenvalue weighted by Crippen LogP contribution is -2.34. The van der Waals surface area contributed by atoms with Crippen molar-refractivity contribution in [2.24, 2.45) is 0 Å². The minimum Gasteiger partial charge on any atom is -0.464 e. The highest BCUT2D eigenvalue weighted by atomic mass is 35.5. The van der Waals surface area contributed by atoms with Gasteiger partial charge < -0.3 is 9.32 Å². The molecule has 1 saturated heterocycles. The lowest BCUT2D eigenvalue weighted by atomic mass is 10.1. The maximum atomic E-state index is 6.10. The first kappa shape index (κ1) is 9.97. The van der Waals surface area contributed by atoms with E-state index in [4.69, 9.17) is 16.0 Å². The molecule has 84 valence electrons. The first-order valence-electron chi connectivity index (χ1n) is 5.56. The maximum absolute atomic E-state index is 6.10. The Labute approximate surface area is 99.0 Å². The van der Waals surface area contributed by atoms with Crippen LogP contribution in [0.4, 0.5) is 5.82 Å². The zero-order chi connectivity index (χ0) is 11.0. The summed E-state index contributed by atoms with van der Waals surface area (Å²) in [5.41, 5.74) is 0.901. The van der Waals surface area contributed by atoms with Crippen LogP contribution in [0.5, 0.6) is 0 Å². The van der Waals surface area contributed by atoms with Crippen molar-refractivity contribution in [1.29, 1.82) is 0 Å². The number of pyridine rings is 1. The highest BCUT2D eigenvalue weighted by molar-refractivity contribution is 6.20. The van der Waals surface area contributed by atoms with Gasteiger partial charge in [0.1, 0.15) is 11.4 Å². The smallest absolute Gasteiger partial charge is 0.139 e. The molecule has 0 aromatic carbocycles. The van der Waals surface area contributed by atoms with Gasteiger partial charge in [-0.1, -0.05) is 0 Å². The third-order valence-electron chi connectivity index (χ3n) is 3.08. The second kappa shape index (κ2) is 3.98. The summed E-state index contributed by atoms with van der Waals surface area (Å²) in [5, 5.41) is 1.41. The molecule has 0 aliphatic carbocycles. The number of anilines is 1. The molecule has 2 aromatic rings. The van der Waals surface area contributed by atoms with E-state index in [1.54, 1.807) is 12.5 Å². The first-order valence-corrected chi connectivity index (χ1v) is 5.99. The van der Waals surface area contributed by atoms with Crippen molar-refractivity contribution < 1.29 is 4.42 Å². The quantitative estimate of drug-likeness (QED) is 0.713. The van der Waals surface area contributed by atoms with E-state index < -0.39 is 0 Å². The molecule has 1 aliphatic heterocycles. The van der Waals surface area contributed by atoms with Crippen LogP contribution in [0.1, 0.15) is 12.8 Å². The Bertz CT molecular complexity index is 488. The van der Waals surface area contributed by atoms with Gasteiger partial charge in [0.15, 0.2) is 0 Å². The summed E-state index contributed by atoms with van der Waals surface area (Å²) in [4.78, 5) is 6.74. The van der Waals surface area contributed by atoms with Crippen molar-refractivity contribution in [2.75, 3.05) is 18.0 Å². The predicted molar refractivity (Wildman–Crippen MR) is 65.1 cm³/mol. The first-order chi connectivity index (χ1) is 7.84. The summed E-state index contributed by atoms with van der Waals surface area (Å²) in [7, 11) is 0. The van der Waals surface area contributed by atoms with Crippen LogP contribution in [0.25, 0.3) is 11.0 Å². The van der Waals surface area contributed by atoms with E-state index in [0.717, 1.165) is 42.7 Å². The molecule has 1 fully saturated rings. The molecule has 3 heterocycles. The van der Waals surface area contributed by atoms with Crippen LogP contribution in [0.3, 0.4) is 0 Å². The zero-order valence-electron chi connectivity index (χ0n) is 8.90. The zero-order valence-corrected chi connectivity index (χ0v) is 9.65. The minimum atomic E-state index is 0.319. The lowest BCUT2D eigenvalue weighted by molar-refractivity contribution is 0.581. The fourth-order valence-electron chi connectivity index (χ4n) is 2.19. The summed E-state index contributed by atoms with van der Waals surface area (Å²) < 4.78 is 5.38. The third-order valence-corrected chi connectivity index (χ3v) is 3.52. The number of piperidine rings is 1. The highest BCUT2D eigenvalue weighted by Gasteiger charge is 2.20. The van der Waals surface area contributed by atoms with E-state index in [0.29, 0.717) is 5.38 Å². The summed E-state index contributed by atoms with van der Waals surface area (Å²) in [6, 6.07) is 3.87. The largest absolute Gasteiger partial charge is 0.464 e. The Morgan fingerprint density at radius 2 is 2.12 bits per heavy atom. The molecular formula is C12H13ClN2O. The highest BCUT2D eigenvalue weighted by Crippen LogP contribution is 2.28. The van der Waals surface area contributed by atoms with Crippen LogP contribution in [-0.4, -0.2) is 23.5 Å². The van der Waals surface area contributed by atoms with Crippen molar-refractivity contribution in [2.45, 2.75) is 18.2 Å². The van der Waals surface area contributed by atoms with Gasteiger partial charge in [0.05, 0.1) is 11.6 Å². The molecule has 0 radical (unpaired) electrons. The fraction of sp³-hybridized carbons (Fsp3) is 0.417. The molecule has 0 bridgehead atoms. The number of halogens is 1. The van der Waals surface area contributed by atoms with Gasteiger partial charge in [0.25, 0.3) is 0 Å². The summed E-state index contributed by atoms with van der Waals surface area (Å²) in [6.45, 7) is 1.96. The van der Waals surface area contributed by atoms with E-state index in [1.165, 1.54) is 0 Å². The molecular weight excluding hydrogens is 224 g/mol. The molecule has 0 atom stereocenters. The number of hydrogen-bond acceptors (Lipinski definition) is 3. The molecule has 4 heteroatoms. The van der Waals surface area contributed by atoms with Crippen molar-refractivity contribution in [3.63, 3.8) is 0 Å². The molecule has 2 aromatic heterocycles. The van der Waals surface area contributed by atoms with Crippen LogP contribution < -0.4 is 4.90 Å². The topological polar surface area (TPSA) is 29.3 Å². The van der Waals surface area contributed by atoms with E-state index in [9.17, 15) is 0 Å². The molecule has 3 rings (SSSR count). The third kappa shape index (κ3) is 1.65. The molecule has 0 amide bonds. The SMILES string of the molecule is ClC1CCN(c2nccc3occc23)CC1. The van der Waals surface area contributed by atoms with E-state index in [1.807, 2.05) is 12.1 Å². The van der Waals surface area contributed by atoms with Gasteiger partial charge in [-0.05, 0) is 25.0 Å². The second-order valence-corrected chi connectivity index (χ2v) is 4.75. The van der Waals surface area contributed by atoms with Crippen LogP contribution >= 0.6 is 11.6 Å². The van der Waals surface area contributed by atoms with E-state index in [-0.39, 0.29) is 0 Å². The van der Waals surface area contributed by atoms with Crippen LogP contribution in [0.15, 0.2) is 29.0 Å². The summed E-state index contributed by atoms with van der Waals surface area (Å²) in [6.07, 6.45) is 5.56. The Morgan fingerprint density at radius 3 is 2.94 bits per heavy atom. The number of hydrogen-bond donors (Lipinski definition) is 0. The normalized spacial score (nSPS) is 18.2. The molecule has 3 nitrogen and oxygen atoms in total. The molecule has 0 spiro atoms. The molecule has 0 N–H and O–H groups in total. The monoisotopic (exact) mass is 236 g/mol. The van der Waals surface area contributed by atoms with Gasteiger partial charge in [-0.2, -0.15) is 0 Å². The van der Waals surface area contributed by atoms with Gasteiger partial charge in [0, 0.05) is 24.7 Å². The minimum absolute atomic E-state index is 0.319. The van der Waals surface area contributed by atoms with Crippen LogP contribution in [-0.2, 0) is 0 Å². The second-order valence-electron chi connectivity index (χ2n) is 4.13. The van der Waals surface area contributed by atoms with E-state index >= 15 is 0 Å². The van der Waals surface area contributed by atoms with Gasteiger partial charge in [0.2, 0.25) is 0 Å². The van der Waals surface area contributed by atoms with Crippen molar-refractivity contribution in [3.8, 4) is 0 Å². The average molecular weight is 237 g/mol. The maximum Gasteiger partial charge on any atom is 0.139 e. The number of nitrogens with zero attached hydrogens (tertiary/aromatic N) is 2. The van der Waals surface area contributed by atoms with Crippen molar-refractivity contribution in [1.82, 2.24) is 4.98 Å². The van der Waals surface area contributed by atoms with E-state index in [2.05, 4.69) is 9.88 Å². The lowest BCUT2D eigenvalue weighted by Gasteiger charge is -2.30. The number of fused-ring (bicyclic) bond motifs is 1. The number of aromatic nitrogens is 1. The number of furan rings is 1. The molecule has 16 heavy (non-hydrogen) atoms. The van der Waals surface area contributed by atoms with Crippen LogP contribution in [0, 0.1) is 0 Å². The van der Waals surface area contributed by atoms with Gasteiger partial charge in [-0.25, -0.2) is 4.98 Å². The fourth-order valence-corrected chi connectivity index (χ4v) is 2.39. The number of rotatable bonds is 1. The van der Waals surface area contributed by atoms with Gasteiger partial charge in [-0.3, -0.25) is 0 Å². The Morgan fingerprint density at radius 1 is 1.31 bits per heavy atom. The average Bonchev–Trinajstić information content (AvgIpc) is 2.78. The van der Waals surface area contributed by atoms with Gasteiger partial charge >= 0.3 is 0 Å². The van der Waals surface area contributed by atoms with Crippen molar-refractivity contribution in [3.05, 3.63) is 24.6 Å². The van der Waals surface area contributed by atoms with Crippen LogP contribution in [0.2, 0.25) is 0 Å². The molecule has 0 unspecified atom stereocenters. The molecule has 1 aliphatic rings. The summed E-state index contributed by atoms with van der Waals surface area (Å²) >= 11 is 6.10. The Hall–Kier alpha value is -1.22. The Kier molecular flexibility index (Phi) is 2.48. The molecule has 0 saturated carbocycles.